The van der Waals surface area contributed by atoms with Crippen molar-refractivity contribution in [2.45, 2.75) is 32.9 Å². The average molecular weight is 532 g/mol. The van der Waals surface area contributed by atoms with Crippen LogP contribution in [0.1, 0.15) is 40.3 Å². The standard InChI is InChI=1S/C28H29N5O2S2/c1-18-8-12-22(13-9-18)32-19(2)17-24(20(32)3)27-26(25-7-5-6-16-29-25)30-28(36)33(27)23-14-10-21(11-15-23)31-37(4,34)35/h5-17,26-27,31H,1-4H3,(H,30,36)/t26-,27-/m0/s1. The molecule has 0 saturated carbocycles. The van der Waals surface area contributed by atoms with Gasteiger partial charge >= 0.3 is 0 Å². The molecule has 0 unspecified atom stereocenters. The summed E-state index contributed by atoms with van der Waals surface area (Å²) in [6.45, 7) is 6.33. The lowest BCUT2D eigenvalue weighted by atomic mass is 9.96. The second kappa shape index (κ2) is 9.64. The molecule has 0 amide bonds. The van der Waals surface area contributed by atoms with Crippen LogP contribution >= 0.6 is 12.2 Å². The number of anilines is 2. The lowest BCUT2D eigenvalue weighted by Gasteiger charge is -2.28. The second-order valence-electron chi connectivity index (χ2n) is 9.42. The minimum Gasteiger partial charge on any atom is -0.351 e. The van der Waals surface area contributed by atoms with Crippen molar-refractivity contribution in [1.29, 1.82) is 0 Å². The first-order valence-electron chi connectivity index (χ1n) is 12.0. The molecule has 2 aromatic heterocycles. The van der Waals surface area contributed by atoms with Crippen LogP contribution in [-0.4, -0.2) is 29.3 Å². The van der Waals surface area contributed by atoms with Crippen molar-refractivity contribution >= 4 is 38.7 Å². The van der Waals surface area contributed by atoms with Crippen LogP contribution in [0.3, 0.4) is 0 Å². The van der Waals surface area contributed by atoms with Crippen LogP contribution in [0.15, 0.2) is 79.0 Å². The zero-order valence-corrected chi connectivity index (χ0v) is 22.8. The van der Waals surface area contributed by atoms with E-state index < -0.39 is 10.0 Å². The molecular weight excluding hydrogens is 502 g/mol. The van der Waals surface area contributed by atoms with Gasteiger partial charge in [0.15, 0.2) is 5.11 Å². The van der Waals surface area contributed by atoms with Gasteiger partial charge in [-0.25, -0.2) is 8.42 Å². The van der Waals surface area contributed by atoms with E-state index in [2.05, 4.69) is 75.6 Å². The van der Waals surface area contributed by atoms with Crippen molar-refractivity contribution in [3.05, 3.63) is 107 Å². The number of hydrogen-bond donors (Lipinski definition) is 2. The van der Waals surface area contributed by atoms with Gasteiger partial charge in [0, 0.05) is 34.6 Å². The fourth-order valence-corrected chi connectivity index (χ4v) is 5.94. The number of nitrogens with zero attached hydrogens (tertiary/aromatic N) is 3. The first-order valence-corrected chi connectivity index (χ1v) is 14.3. The molecule has 1 saturated heterocycles. The van der Waals surface area contributed by atoms with Crippen LogP contribution < -0.4 is 14.9 Å². The van der Waals surface area contributed by atoms with Crippen molar-refractivity contribution in [3.63, 3.8) is 0 Å². The Morgan fingerprint density at radius 3 is 2.24 bits per heavy atom. The molecule has 2 atom stereocenters. The molecule has 1 fully saturated rings. The highest BCUT2D eigenvalue weighted by atomic mass is 32.2. The van der Waals surface area contributed by atoms with Crippen LogP contribution in [-0.2, 0) is 10.0 Å². The lowest BCUT2D eigenvalue weighted by Crippen LogP contribution is -2.29. The number of pyridine rings is 1. The summed E-state index contributed by atoms with van der Waals surface area (Å²) < 4.78 is 28.1. The molecule has 1 aliphatic heterocycles. The number of rotatable bonds is 6. The smallest absolute Gasteiger partial charge is 0.229 e. The highest BCUT2D eigenvalue weighted by molar-refractivity contribution is 7.92. The quantitative estimate of drug-likeness (QED) is 0.327. The normalized spacial score (nSPS) is 17.6. The fourth-order valence-electron chi connectivity index (χ4n) is 5.03. The maximum atomic E-state index is 11.7. The molecule has 1 aliphatic rings. The Labute approximate surface area is 223 Å². The lowest BCUT2D eigenvalue weighted by molar-refractivity contribution is 0.565. The Bertz CT molecular complexity index is 1550. The maximum Gasteiger partial charge on any atom is 0.229 e. The number of benzene rings is 2. The molecule has 3 heterocycles. The van der Waals surface area contributed by atoms with E-state index in [0.717, 1.165) is 40.3 Å². The number of nitrogens with one attached hydrogen (secondary N) is 2. The van der Waals surface area contributed by atoms with Gasteiger partial charge in [0.2, 0.25) is 10.0 Å². The Balaban J connectivity index is 1.62. The molecule has 2 N–H and O–H groups in total. The van der Waals surface area contributed by atoms with E-state index in [4.69, 9.17) is 12.2 Å². The van der Waals surface area contributed by atoms with E-state index in [1.54, 1.807) is 18.3 Å². The zero-order valence-electron chi connectivity index (χ0n) is 21.1. The number of aromatic nitrogens is 2. The minimum atomic E-state index is -3.37. The minimum absolute atomic E-state index is 0.165. The van der Waals surface area contributed by atoms with Gasteiger partial charge in [-0.2, -0.15) is 0 Å². The molecule has 4 aromatic rings. The molecule has 9 heteroatoms. The summed E-state index contributed by atoms with van der Waals surface area (Å²) >= 11 is 5.86. The van der Waals surface area contributed by atoms with E-state index >= 15 is 0 Å². The Kier molecular flexibility index (Phi) is 6.51. The van der Waals surface area contributed by atoms with Crippen LogP contribution in [0.2, 0.25) is 0 Å². The van der Waals surface area contributed by atoms with E-state index in [-0.39, 0.29) is 12.1 Å². The van der Waals surface area contributed by atoms with Crippen molar-refractivity contribution in [3.8, 4) is 5.69 Å². The van der Waals surface area contributed by atoms with Crippen LogP contribution in [0.5, 0.6) is 0 Å². The molecule has 2 aromatic carbocycles. The largest absolute Gasteiger partial charge is 0.351 e. The summed E-state index contributed by atoms with van der Waals surface area (Å²) in [7, 11) is -3.37. The topological polar surface area (TPSA) is 79.3 Å². The number of aryl methyl sites for hydroxylation is 2. The summed E-state index contributed by atoms with van der Waals surface area (Å²) in [6, 6.07) is 23.6. The zero-order chi connectivity index (χ0) is 26.3. The second-order valence-corrected chi connectivity index (χ2v) is 11.6. The molecule has 0 spiro atoms. The summed E-state index contributed by atoms with van der Waals surface area (Å²) in [5, 5.41) is 4.09. The summed E-state index contributed by atoms with van der Waals surface area (Å²) in [5.74, 6) is 0. The monoisotopic (exact) mass is 531 g/mol. The fraction of sp³-hybridized carbons (Fsp3) is 0.214. The van der Waals surface area contributed by atoms with Gasteiger partial charge in [-0.15, -0.1) is 0 Å². The molecule has 0 aliphatic carbocycles. The Hall–Kier alpha value is -3.69. The maximum absolute atomic E-state index is 11.7. The first kappa shape index (κ1) is 25.0. The molecule has 0 bridgehead atoms. The first-order chi connectivity index (χ1) is 17.6. The molecule has 37 heavy (non-hydrogen) atoms. The van der Waals surface area contributed by atoms with Gasteiger partial charge in [-0.05, 0) is 93.1 Å². The summed E-state index contributed by atoms with van der Waals surface area (Å²) in [6.07, 6.45) is 2.93. The van der Waals surface area contributed by atoms with Gasteiger partial charge in [0.25, 0.3) is 0 Å². The number of hydrogen-bond acceptors (Lipinski definition) is 4. The molecule has 0 radical (unpaired) electrons. The Morgan fingerprint density at radius 1 is 0.946 bits per heavy atom. The van der Waals surface area contributed by atoms with E-state index in [1.807, 2.05) is 30.3 Å². The van der Waals surface area contributed by atoms with Gasteiger partial charge in [0.05, 0.1) is 24.0 Å². The summed E-state index contributed by atoms with van der Waals surface area (Å²) in [5.41, 5.74) is 7.97. The third-order valence-corrected chi connectivity index (χ3v) is 7.55. The molecule has 7 nitrogen and oxygen atoms in total. The molecular formula is C28H29N5O2S2. The van der Waals surface area contributed by atoms with E-state index in [0.29, 0.717) is 10.8 Å². The van der Waals surface area contributed by atoms with E-state index in [1.165, 1.54) is 5.56 Å². The molecule has 5 rings (SSSR count). The predicted octanol–water partition coefficient (Wildman–Crippen LogP) is 5.35. The van der Waals surface area contributed by atoms with Crippen LogP contribution in [0, 0.1) is 20.8 Å². The number of sulfonamides is 1. The highest BCUT2D eigenvalue weighted by Gasteiger charge is 2.42. The summed E-state index contributed by atoms with van der Waals surface area (Å²) in [4.78, 5) is 6.75. The van der Waals surface area contributed by atoms with Gasteiger partial charge < -0.3 is 14.8 Å². The Morgan fingerprint density at radius 2 is 1.62 bits per heavy atom. The number of thiocarbonyl (C=S) groups is 1. The SMILES string of the molecule is Cc1ccc(-n2c(C)cc([C@H]3[C@H](c4ccccn4)NC(=S)N3c3ccc(NS(C)(=O)=O)cc3)c2C)cc1. The van der Waals surface area contributed by atoms with Crippen LogP contribution in [0.4, 0.5) is 11.4 Å². The van der Waals surface area contributed by atoms with Gasteiger partial charge in [0.1, 0.15) is 0 Å². The third kappa shape index (κ3) is 4.97. The molecule has 190 valence electrons. The third-order valence-electron chi connectivity index (χ3n) is 6.63. The van der Waals surface area contributed by atoms with Crippen molar-refractivity contribution in [1.82, 2.24) is 14.9 Å². The van der Waals surface area contributed by atoms with Gasteiger partial charge in [-0.1, -0.05) is 23.8 Å². The van der Waals surface area contributed by atoms with Gasteiger partial charge in [-0.3, -0.25) is 9.71 Å². The highest BCUT2D eigenvalue weighted by Crippen LogP contribution is 2.44. The van der Waals surface area contributed by atoms with E-state index in [9.17, 15) is 8.42 Å². The van der Waals surface area contributed by atoms with Crippen molar-refractivity contribution < 1.29 is 8.42 Å². The van der Waals surface area contributed by atoms with Crippen molar-refractivity contribution in [2.24, 2.45) is 0 Å². The van der Waals surface area contributed by atoms with Crippen molar-refractivity contribution in [2.75, 3.05) is 15.9 Å². The average Bonchev–Trinajstić information content (AvgIpc) is 3.35. The van der Waals surface area contributed by atoms with Crippen LogP contribution in [0.25, 0.3) is 5.69 Å². The predicted molar refractivity (Wildman–Crippen MR) is 153 cm³/mol.